The van der Waals surface area contributed by atoms with Gasteiger partial charge in [0.25, 0.3) is 0 Å². The van der Waals surface area contributed by atoms with Crippen LogP contribution in [-0.2, 0) is 9.53 Å². The van der Waals surface area contributed by atoms with Gasteiger partial charge in [-0.25, -0.2) is 0 Å². The number of rotatable bonds is 7. The van der Waals surface area contributed by atoms with Gasteiger partial charge < -0.3 is 4.74 Å². The number of unbranched alkanes of at least 4 members (excludes halogenated alkanes) is 2. The summed E-state index contributed by atoms with van der Waals surface area (Å²) < 4.78 is 4.42. The highest BCUT2D eigenvalue weighted by Gasteiger charge is 2.02. The molecule has 0 unspecified atom stereocenters. The number of ketones is 1. The van der Waals surface area contributed by atoms with E-state index in [4.69, 9.17) is 5.26 Å². The SMILES string of the molecule is CCCCCC(=O)c1ccccc1.CCOC(=O)CC#N. The highest BCUT2D eigenvalue weighted by atomic mass is 16.5. The van der Waals surface area contributed by atoms with Gasteiger partial charge in [-0.3, -0.25) is 9.59 Å². The number of Topliss-reactive ketones (excluding diaryl/α,β-unsaturated/α-hetero) is 1. The minimum atomic E-state index is -0.449. The van der Waals surface area contributed by atoms with Crippen molar-refractivity contribution in [2.75, 3.05) is 6.61 Å². The van der Waals surface area contributed by atoms with Crippen LogP contribution in [0.1, 0.15) is 56.3 Å². The summed E-state index contributed by atoms with van der Waals surface area (Å²) in [5.41, 5.74) is 0.846. The first-order chi connectivity index (χ1) is 10.2. The molecule has 0 N–H and O–H groups in total. The van der Waals surface area contributed by atoms with Crippen molar-refractivity contribution in [3.63, 3.8) is 0 Å². The molecule has 1 aromatic carbocycles. The largest absolute Gasteiger partial charge is 0.465 e. The van der Waals surface area contributed by atoms with Crippen molar-refractivity contribution in [2.24, 2.45) is 0 Å². The number of esters is 1. The summed E-state index contributed by atoms with van der Waals surface area (Å²) >= 11 is 0. The fraction of sp³-hybridized carbons (Fsp3) is 0.471. The number of carbonyl (C=O) groups excluding carboxylic acids is 2. The predicted molar refractivity (Wildman–Crippen MR) is 81.8 cm³/mol. The predicted octanol–water partition coefficient (Wildman–Crippen LogP) is 3.91. The Morgan fingerprint density at radius 2 is 1.81 bits per heavy atom. The number of hydrogen-bond donors (Lipinski definition) is 0. The maximum absolute atomic E-state index is 11.5. The van der Waals surface area contributed by atoms with Crippen molar-refractivity contribution in [1.82, 2.24) is 0 Å². The monoisotopic (exact) mass is 289 g/mol. The van der Waals surface area contributed by atoms with Crippen LogP contribution in [0.2, 0.25) is 0 Å². The van der Waals surface area contributed by atoms with E-state index in [1.54, 1.807) is 13.0 Å². The molecule has 0 aliphatic heterocycles. The third-order valence-corrected chi connectivity index (χ3v) is 2.63. The Balaban J connectivity index is 0.000000433. The van der Waals surface area contributed by atoms with Crippen LogP contribution in [0.3, 0.4) is 0 Å². The molecule has 4 nitrogen and oxygen atoms in total. The quantitative estimate of drug-likeness (QED) is 0.433. The summed E-state index contributed by atoms with van der Waals surface area (Å²) in [5, 5.41) is 7.91. The lowest BCUT2D eigenvalue weighted by Crippen LogP contribution is -2.01. The molecule has 1 rings (SSSR count). The zero-order valence-corrected chi connectivity index (χ0v) is 12.8. The van der Waals surface area contributed by atoms with Gasteiger partial charge in [0.15, 0.2) is 5.78 Å². The van der Waals surface area contributed by atoms with Gasteiger partial charge in [0, 0.05) is 12.0 Å². The number of hydrogen-bond acceptors (Lipinski definition) is 4. The Morgan fingerprint density at radius 1 is 1.14 bits per heavy atom. The maximum Gasteiger partial charge on any atom is 0.320 e. The van der Waals surface area contributed by atoms with E-state index in [-0.39, 0.29) is 12.2 Å². The molecule has 1 aromatic rings. The van der Waals surface area contributed by atoms with E-state index in [1.165, 1.54) is 6.42 Å². The second-order valence-electron chi connectivity index (χ2n) is 4.39. The van der Waals surface area contributed by atoms with Crippen molar-refractivity contribution in [3.8, 4) is 6.07 Å². The zero-order chi connectivity index (χ0) is 15.9. The fourth-order valence-electron chi connectivity index (χ4n) is 1.58. The smallest absolute Gasteiger partial charge is 0.320 e. The van der Waals surface area contributed by atoms with Crippen molar-refractivity contribution < 1.29 is 14.3 Å². The molecule has 0 aliphatic carbocycles. The second kappa shape index (κ2) is 12.9. The van der Waals surface area contributed by atoms with Gasteiger partial charge in [-0.05, 0) is 13.3 Å². The second-order valence-corrected chi connectivity index (χ2v) is 4.39. The average Bonchev–Trinajstić information content (AvgIpc) is 2.49. The summed E-state index contributed by atoms with van der Waals surface area (Å²) in [6, 6.07) is 11.2. The van der Waals surface area contributed by atoms with E-state index < -0.39 is 5.97 Å². The summed E-state index contributed by atoms with van der Waals surface area (Å²) in [6.07, 6.45) is 3.89. The van der Waals surface area contributed by atoms with Gasteiger partial charge in [0.05, 0.1) is 12.7 Å². The van der Waals surface area contributed by atoms with E-state index in [2.05, 4.69) is 11.7 Å². The number of carbonyl (C=O) groups is 2. The molecule has 0 amide bonds. The van der Waals surface area contributed by atoms with Crippen molar-refractivity contribution in [2.45, 2.75) is 46.0 Å². The van der Waals surface area contributed by atoms with Crippen LogP contribution in [0.15, 0.2) is 30.3 Å². The molecule has 0 aromatic heterocycles. The highest BCUT2D eigenvalue weighted by Crippen LogP contribution is 2.07. The molecule has 0 radical (unpaired) electrons. The van der Waals surface area contributed by atoms with E-state index in [0.29, 0.717) is 13.0 Å². The summed E-state index contributed by atoms with van der Waals surface area (Å²) in [4.78, 5) is 21.7. The van der Waals surface area contributed by atoms with Crippen molar-refractivity contribution in [3.05, 3.63) is 35.9 Å². The Morgan fingerprint density at radius 3 is 2.33 bits per heavy atom. The molecule has 0 aliphatic rings. The third-order valence-electron chi connectivity index (χ3n) is 2.63. The first-order valence-electron chi connectivity index (χ1n) is 7.26. The zero-order valence-electron chi connectivity index (χ0n) is 12.8. The number of nitrogens with zero attached hydrogens (tertiary/aromatic N) is 1. The van der Waals surface area contributed by atoms with E-state index in [0.717, 1.165) is 18.4 Å². The normalized spacial score (nSPS) is 9.00. The summed E-state index contributed by atoms with van der Waals surface area (Å²) in [6.45, 7) is 4.20. The van der Waals surface area contributed by atoms with Gasteiger partial charge >= 0.3 is 5.97 Å². The van der Waals surface area contributed by atoms with Gasteiger partial charge in [0.2, 0.25) is 0 Å². The van der Waals surface area contributed by atoms with Crippen LogP contribution in [0.5, 0.6) is 0 Å². The van der Waals surface area contributed by atoms with Crippen LogP contribution in [0.4, 0.5) is 0 Å². The summed E-state index contributed by atoms with van der Waals surface area (Å²) in [7, 11) is 0. The van der Waals surface area contributed by atoms with E-state index in [1.807, 2.05) is 30.3 Å². The van der Waals surface area contributed by atoms with Crippen LogP contribution in [-0.4, -0.2) is 18.4 Å². The Hall–Kier alpha value is -2.15. The van der Waals surface area contributed by atoms with Crippen molar-refractivity contribution >= 4 is 11.8 Å². The molecule has 0 saturated heterocycles. The molecule has 21 heavy (non-hydrogen) atoms. The van der Waals surface area contributed by atoms with Crippen LogP contribution in [0, 0.1) is 11.3 Å². The average molecular weight is 289 g/mol. The molecule has 0 bridgehead atoms. The Bertz CT molecular complexity index is 449. The van der Waals surface area contributed by atoms with E-state index in [9.17, 15) is 9.59 Å². The molecular weight excluding hydrogens is 266 g/mol. The van der Waals surface area contributed by atoms with Gasteiger partial charge in [-0.1, -0.05) is 50.1 Å². The van der Waals surface area contributed by atoms with Gasteiger partial charge in [-0.15, -0.1) is 0 Å². The van der Waals surface area contributed by atoms with Gasteiger partial charge in [0.1, 0.15) is 6.42 Å². The fourth-order valence-corrected chi connectivity index (χ4v) is 1.58. The standard InChI is InChI=1S/C12H16O.C5H7NO2/c1-2-3-5-10-12(13)11-8-6-4-7-9-11;1-2-8-5(7)3-4-6/h4,6-9H,2-3,5,10H2,1H3;2-3H2,1H3. The van der Waals surface area contributed by atoms with Crippen LogP contribution >= 0.6 is 0 Å². The third kappa shape index (κ3) is 10.3. The first-order valence-corrected chi connectivity index (χ1v) is 7.26. The van der Waals surface area contributed by atoms with Crippen LogP contribution < -0.4 is 0 Å². The number of benzene rings is 1. The summed E-state index contributed by atoms with van der Waals surface area (Å²) in [5.74, 6) is -0.177. The number of nitriles is 1. The number of ether oxygens (including phenoxy) is 1. The Labute approximate surface area is 126 Å². The lowest BCUT2D eigenvalue weighted by Gasteiger charge is -1.99. The van der Waals surface area contributed by atoms with Crippen molar-refractivity contribution in [1.29, 1.82) is 5.26 Å². The lowest BCUT2D eigenvalue weighted by molar-refractivity contribution is -0.141. The molecule has 0 saturated carbocycles. The maximum atomic E-state index is 11.5. The molecule has 114 valence electrons. The topological polar surface area (TPSA) is 67.2 Å². The Kier molecular flexibility index (Phi) is 11.5. The van der Waals surface area contributed by atoms with Gasteiger partial charge in [-0.2, -0.15) is 5.26 Å². The molecule has 0 heterocycles. The minimum Gasteiger partial charge on any atom is -0.465 e. The van der Waals surface area contributed by atoms with Crippen LogP contribution in [0.25, 0.3) is 0 Å². The molecular formula is C17H23NO3. The molecule has 0 spiro atoms. The molecule has 4 heteroatoms. The first kappa shape index (κ1) is 18.9. The minimum absolute atomic E-state index is 0.145. The lowest BCUT2D eigenvalue weighted by atomic mass is 10.1. The van der Waals surface area contributed by atoms with E-state index >= 15 is 0 Å². The molecule has 0 fully saturated rings. The highest BCUT2D eigenvalue weighted by molar-refractivity contribution is 5.95. The molecule has 0 atom stereocenters.